The van der Waals surface area contributed by atoms with Crippen molar-refractivity contribution in [1.29, 1.82) is 0 Å². The van der Waals surface area contributed by atoms with Gasteiger partial charge in [0.25, 0.3) is 0 Å². The third-order valence-corrected chi connectivity index (χ3v) is 4.35. The van der Waals surface area contributed by atoms with Gasteiger partial charge in [-0.15, -0.1) is 11.8 Å². The maximum atomic E-state index is 12.0. The third-order valence-electron chi connectivity index (χ3n) is 2.99. The van der Waals surface area contributed by atoms with Crippen molar-refractivity contribution in [2.24, 2.45) is 0 Å². The number of rotatable bonds is 3. The van der Waals surface area contributed by atoms with E-state index in [2.05, 4.69) is 0 Å². The fraction of sp³-hybridized carbons (Fsp3) is 0.385. The Morgan fingerprint density at radius 1 is 1.44 bits per heavy atom. The number of amides is 2. The minimum atomic E-state index is -0.292. The molecule has 96 valence electrons. The molecule has 0 aromatic heterocycles. The van der Waals surface area contributed by atoms with Crippen LogP contribution in [0.3, 0.4) is 0 Å². The number of thioether (sulfide) groups is 1. The number of nitrogens with two attached hydrogens (primary N) is 1. The Morgan fingerprint density at radius 3 is 2.72 bits per heavy atom. The molecule has 1 unspecified atom stereocenters. The SMILES string of the molecule is CCN1C(=O)CC(Sc2ccc(N)cc2C)C1=O. The van der Waals surface area contributed by atoms with Crippen LogP contribution in [0.25, 0.3) is 0 Å². The minimum absolute atomic E-state index is 0.0758. The van der Waals surface area contributed by atoms with Gasteiger partial charge >= 0.3 is 0 Å². The average molecular weight is 264 g/mol. The molecule has 0 aliphatic carbocycles. The number of carbonyl (C=O) groups is 2. The van der Waals surface area contributed by atoms with Gasteiger partial charge in [-0.1, -0.05) is 0 Å². The van der Waals surface area contributed by atoms with Crippen molar-refractivity contribution in [2.75, 3.05) is 12.3 Å². The van der Waals surface area contributed by atoms with E-state index in [9.17, 15) is 9.59 Å². The Labute approximate surface area is 111 Å². The molecule has 1 aromatic carbocycles. The van der Waals surface area contributed by atoms with Crippen LogP contribution in [0, 0.1) is 6.92 Å². The molecule has 1 aliphatic heterocycles. The molecule has 0 saturated carbocycles. The highest BCUT2D eigenvalue weighted by Gasteiger charge is 2.38. The number of imide groups is 1. The topological polar surface area (TPSA) is 63.4 Å². The summed E-state index contributed by atoms with van der Waals surface area (Å²) in [7, 11) is 0. The first-order valence-corrected chi connectivity index (χ1v) is 6.78. The van der Waals surface area contributed by atoms with Crippen LogP contribution in [0.1, 0.15) is 18.9 Å². The fourth-order valence-electron chi connectivity index (χ4n) is 2.04. The van der Waals surface area contributed by atoms with E-state index < -0.39 is 0 Å². The third kappa shape index (κ3) is 2.36. The lowest BCUT2D eigenvalue weighted by Gasteiger charge is -2.12. The normalized spacial score (nSPS) is 19.7. The van der Waals surface area contributed by atoms with Crippen molar-refractivity contribution in [3.63, 3.8) is 0 Å². The summed E-state index contributed by atoms with van der Waals surface area (Å²) in [6.45, 7) is 4.23. The van der Waals surface area contributed by atoms with Crippen LogP contribution >= 0.6 is 11.8 Å². The summed E-state index contributed by atoms with van der Waals surface area (Å²) >= 11 is 1.45. The zero-order chi connectivity index (χ0) is 13.3. The maximum Gasteiger partial charge on any atom is 0.243 e. The summed E-state index contributed by atoms with van der Waals surface area (Å²) in [6.07, 6.45) is 0.293. The first-order chi connectivity index (χ1) is 8.52. The van der Waals surface area contributed by atoms with E-state index in [1.165, 1.54) is 16.7 Å². The summed E-state index contributed by atoms with van der Waals surface area (Å²) in [5.74, 6) is -0.156. The molecule has 1 saturated heterocycles. The lowest BCUT2D eigenvalue weighted by Crippen LogP contribution is -2.30. The van der Waals surface area contributed by atoms with E-state index in [1.807, 2.05) is 32.0 Å². The number of likely N-dealkylation sites (tertiary alicyclic amines) is 1. The molecule has 0 radical (unpaired) electrons. The van der Waals surface area contributed by atoms with Crippen molar-refractivity contribution in [1.82, 2.24) is 4.90 Å². The molecule has 18 heavy (non-hydrogen) atoms. The zero-order valence-corrected chi connectivity index (χ0v) is 11.3. The van der Waals surface area contributed by atoms with E-state index in [0.29, 0.717) is 18.7 Å². The molecule has 2 rings (SSSR count). The summed E-state index contributed by atoms with van der Waals surface area (Å²) in [5.41, 5.74) is 7.44. The molecular formula is C13H16N2O2S. The van der Waals surface area contributed by atoms with Gasteiger partial charge in [-0.2, -0.15) is 0 Å². The van der Waals surface area contributed by atoms with E-state index in [0.717, 1.165) is 10.5 Å². The predicted molar refractivity (Wildman–Crippen MR) is 72.2 cm³/mol. The molecule has 0 spiro atoms. The van der Waals surface area contributed by atoms with E-state index in [1.54, 1.807) is 0 Å². The van der Waals surface area contributed by atoms with Gasteiger partial charge in [0.15, 0.2) is 0 Å². The van der Waals surface area contributed by atoms with Gasteiger partial charge in [-0.25, -0.2) is 0 Å². The van der Waals surface area contributed by atoms with Gasteiger partial charge in [0, 0.05) is 23.5 Å². The molecule has 2 N–H and O–H groups in total. The fourth-order valence-corrected chi connectivity index (χ4v) is 3.19. The highest BCUT2D eigenvalue weighted by atomic mass is 32.2. The Hall–Kier alpha value is -1.49. The van der Waals surface area contributed by atoms with Crippen molar-refractivity contribution >= 4 is 29.3 Å². The van der Waals surface area contributed by atoms with Crippen LogP contribution < -0.4 is 5.73 Å². The largest absolute Gasteiger partial charge is 0.399 e. The minimum Gasteiger partial charge on any atom is -0.399 e. The quantitative estimate of drug-likeness (QED) is 0.668. The molecule has 5 heteroatoms. The van der Waals surface area contributed by atoms with Crippen LogP contribution in [0.2, 0.25) is 0 Å². The maximum absolute atomic E-state index is 12.0. The van der Waals surface area contributed by atoms with E-state index >= 15 is 0 Å². The van der Waals surface area contributed by atoms with Crippen molar-refractivity contribution < 1.29 is 9.59 Å². The van der Waals surface area contributed by atoms with Crippen LogP contribution in [-0.4, -0.2) is 28.5 Å². The van der Waals surface area contributed by atoms with Gasteiger partial charge in [0.2, 0.25) is 11.8 Å². The van der Waals surface area contributed by atoms with Gasteiger partial charge in [0.05, 0.1) is 5.25 Å². The number of nitrogen functional groups attached to an aromatic ring is 1. The second-order valence-electron chi connectivity index (χ2n) is 4.31. The molecule has 4 nitrogen and oxygen atoms in total. The van der Waals surface area contributed by atoms with Crippen molar-refractivity contribution in [3.05, 3.63) is 23.8 Å². The van der Waals surface area contributed by atoms with E-state index in [-0.39, 0.29) is 17.1 Å². The average Bonchev–Trinajstić information content (AvgIpc) is 2.58. The van der Waals surface area contributed by atoms with Crippen LogP contribution in [-0.2, 0) is 9.59 Å². The number of benzene rings is 1. The molecular weight excluding hydrogens is 248 g/mol. The highest BCUT2D eigenvalue weighted by Crippen LogP contribution is 2.33. The number of hydrogen-bond donors (Lipinski definition) is 1. The van der Waals surface area contributed by atoms with Crippen molar-refractivity contribution in [2.45, 2.75) is 30.4 Å². The van der Waals surface area contributed by atoms with Crippen molar-refractivity contribution in [3.8, 4) is 0 Å². The number of carbonyl (C=O) groups excluding carboxylic acids is 2. The summed E-state index contributed by atoms with van der Waals surface area (Å²) in [6, 6.07) is 5.59. The monoisotopic (exact) mass is 264 g/mol. The molecule has 1 aliphatic rings. The number of anilines is 1. The molecule has 1 heterocycles. The lowest BCUT2D eigenvalue weighted by molar-refractivity contribution is -0.137. The molecule has 1 atom stereocenters. The van der Waals surface area contributed by atoms with E-state index in [4.69, 9.17) is 5.73 Å². The summed E-state index contributed by atoms with van der Waals surface area (Å²) in [5, 5.41) is -0.292. The van der Waals surface area contributed by atoms with Gasteiger partial charge in [-0.05, 0) is 37.6 Å². The number of hydrogen-bond acceptors (Lipinski definition) is 4. The van der Waals surface area contributed by atoms with Gasteiger partial charge in [-0.3, -0.25) is 14.5 Å². The summed E-state index contributed by atoms with van der Waals surface area (Å²) < 4.78 is 0. The Bertz CT molecular complexity index is 502. The van der Waals surface area contributed by atoms with Gasteiger partial charge in [0.1, 0.15) is 0 Å². The van der Waals surface area contributed by atoms with Crippen LogP contribution in [0.15, 0.2) is 23.1 Å². The molecule has 2 amide bonds. The molecule has 1 aromatic rings. The smallest absolute Gasteiger partial charge is 0.243 e. The lowest BCUT2D eigenvalue weighted by atomic mass is 10.2. The number of nitrogens with zero attached hydrogens (tertiary/aromatic N) is 1. The molecule has 0 bridgehead atoms. The predicted octanol–water partition coefficient (Wildman–Crippen LogP) is 1.82. The Morgan fingerprint density at radius 2 is 2.17 bits per heavy atom. The first kappa shape index (κ1) is 13.0. The van der Waals surface area contributed by atoms with Crippen LogP contribution in [0.5, 0.6) is 0 Å². The summed E-state index contributed by atoms with van der Waals surface area (Å²) in [4.78, 5) is 25.9. The van der Waals surface area contributed by atoms with Gasteiger partial charge < -0.3 is 5.73 Å². The second kappa shape index (κ2) is 5.02. The standard InChI is InChI=1S/C13H16N2O2S/c1-3-15-12(16)7-11(13(15)17)18-10-5-4-9(14)6-8(10)2/h4-6,11H,3,7,14H2,1-2H3. The van der Waals surface area contributed by atoms with Crippen LogP contribution in [0.4, 0.5) is 5.69 Å². The Kier molecular flexibility index (Phi) is 3.61. The second-order valence-corrected chi connectivity index (χ2v) is 5.56. The molecule has 1 fully saturated rings. The number of aryl methyl sites for hydroxylation is 1. The first-order valence-electron chi connectivity index (χ1n) is 5.90. The Balaban J connectivity index is 2.15. The highest BCUT2D eigenvalue weighted by molar-refractivity contribution is 8.00. The zero-order valence-electron chi connectivity index (χ0n) is 10.5.